The number of methoxy groups -OCH3 is 1. The van der Waals surface area contributed by atoms with Crippen LogP contribution in [0.25, 0.3) is 0 Å². The molecule has 0 aromatic heterocycles. The second kappa shape index (κ2) is 3.76. The summed E-state index contributed by atoms with van der Waals surface area (Å²) in [5.74, 6) is 0.656. The van der Waals surface area contributed by atoms with Crippen LogP contribution in [0.1, 0.15) is 12.8 Å². The van der Waals surface area contributed by atoms with Gasteiger partial charge in [-0.2, -0.15) is 0 Å². The van der Waals surface area contributed by atoms with Gasteiger partial charge in [0.15, 0.2) is 5.75 Å². The van der Waals surface area contributed by atoms with Gasteiger partial charge >= 0.3 is 5.69 Å². The average Bonchev–Trinajstić information content (AvgIpc) is 3.01. The molecule has 0 bridgehead atoms. The Balaban J connectivity index is 2.34. The van der Waals surface area contributed by atoms with Crippen molar-refractivity contribution in [3.8, 4) is 11.5 Å². The minimum absolute atomic E-state index is 0.0596. The van der Waals surface area contributed by atoms with Gasteiger partial charge in [-0.15, -0.1) is 0 Å². The molecule has 1 saturated carbocycles. The van der Waals surface area contributed by atoms with Crippen molar-refractivity contribution in [3.63, 3.8) is 0 Å². The number of ether oxygens (including phenoxy) is 2. The van der Waals surface area contributed by atoms with Crippen LogP contribution in [-0.2, 0) is 0 Å². The van der Waals surface area contributed by atoms with E-state index in [4.69, 9.17) is 9.47 Å². The van der Waals surface area contributed by atoms with E-state index in [9.17, 15) is 10.1 Å². The van der Waals surface area contributed by atoms with Gasteiger partial charge in [-0.05, 0) is 18.9 Å². The molecular weight excluding hydrogens is 198 g/mol. The van der Waals surface area contributed by atoms with E-state index >= 15 is 0 Å². The van der Waals surface area contributed by atoms with Crippen molar-refractivity contribution in [2.45, 2.75) is 18.9 Å². The van der Waals surface area contributed by atoms with E-state index in [-0.39, 0.29) is 17.5 Å². The predicted molar refractivity (Wildman–Crippen MR) is 53.3 cm³/mol. The Hall–Kier alpha value is -1.78. The van der Waals surface area contributed by atoms with Crippen LogP contribution in [0.5, 0.6) is 11.5 Å². The van der Waals surface area contributed by atoms with E-state index in [0.717, 1.165) is 12.8 Å². The maximum absolute atomic E-state index is 10.7. The molecule has 0 amide bonds. The Morgan fingerprint density at radius 2 is 2.20 bits per heavy atom. The Bertz CT molecular complexity index is 387. The highest BCUT2D eigenvalue weighted by Crippen LogP contribution is 2.39. The minimum atomic E-state index is -0.474. The summed E-state index contributed by atoms with van der Waals surface area (Å²) in [6.07, 6.45) is 2.21. The Labute approximate surface area is 86.8 Å². The molecule has 0 atom stereocenters. The molecule has 2 rings (SSSR count). The summed E-state index contributed by atoms with van der Waals surface area (Å²) in [7, 11) is 1.40. The zero-order valence-electron chi connectivity index (χ0n) is 8.30. The topological polar surface area (TPSA) is 61.6 Å². The van der Waals surface area contributed by atoms with Crippen LogP contribution in [0.2, 0.25) is 0 Å². The number of para-hydroxylation sites is 1. The van der Waals surface area contributed by atoms with E-state index in [1.807, 2.05) is 0 Å². The maximum atomic E-state index is 10.7. The van der Waals surface area contributed by atoms with Gasteiger partial charge in [0.1, 0.15) is 0 Å². The van der Waals surface area contributed by atoms with Crippen molar-refractivity contribution in [1.82, 2.24) is 0 Å². The fourth-order valence-electron chi connectivity index (χ4n) is 1.31. The smallest absolute Gasteiger partial charge is 0.314 e. The number of hydrogen-bond acceptors (Lipinski definition) is 4. The van der Waals surface area contributed by atoms with Crippen LogP contribution in [0, 0.1) is 10.1 Å². The molecule has 1 aromatic rings. The molecule has 0 spiro atoms. The third-order valence-corrected chi connectivity index (χ3v) is 2.18. The zero-order chi connectivity index (χ0) is 10.8. The van der Waals surface area contributed by atoms with E-state index < -0.39 is 4.92 Å². The van der Waals surface area contributed by atoms with Crippen molar-refractivity contribution >= 4 is 5.69 Å². The maximum Gasteiger partial charge on any atom is 0.314 e. The predicted octanol–water partition coefficient (Wildman–Crippen LogP) is 2.14. The number of hydrogen-bond donors (Lipinski definition) is 0. The number of rotatable bonds is 4. The lowest BCUT2D eigenvalue weighted by atomic mass is 10.3. The molecule has 5 heteroatoms. The summed E-state index contributed by atoms with van der Waals surface area (Å²) in [6, 6.07) is 4.68. The normalized spacial score (nSPS) is 14.7. The van der Waals surface area contributed by atoms with Crippen LogP contribution in [-0.4, -0.2) is 18.1 Å². The van der Waals surface area contributed by atoms with E-state index in [1.54, 1.807) is 12.1 Å². The highest BCUT2D eigenvalue weighted by Gasteiger charge is 2.27. The first-order chi connectivity index (χ1) is 7.22. The SMILES string of the molecule is COc1c(OC2CC2)cccc1[N+](=O)[O-]. The number of nitrogens with zero attached hydrogens (tertiary/aromatic N) is 1. The number of nitro benzene ring substituents is 1. The van der Waals surface area contributed by atoms with Crippen molar-refractivity contribution < 1.29 is 14.4 Å². The minimum Gasteiger partial charge on any atom is -0.488 e. The molecule has 0 saturated heterocycles. The zero-order valence-corrected chi connectivity index (χ0v) is 8.30. The molecule has 80 valence electrons. The van der Waals surface area contributed by atoms with Crippen molar-refractivity contribution in [2.75, 3.05) is 7.11 Å². The van der Waals surface area contributed by atoms with Gasteiger partial charge < -0.3 is 9.47 Å². The molecule has 1 aliphatic rings. The molecule has 1 aromatic carbocycles. The Morgan fingerprint density at radius 3 is 2.73 bits per heavy atom. The molecule has 0 aliphatic heterocycles. The molecular formula is C10H11NO4. The monoisotopic (exact) mass is 209 g/mol. The van der Waals surface area contributed by atoms with Crippen molar-refractivity contribution in [2.24, 2.45) is 0 Å². The first kappa shape index (κ1) is 9.76. The van der Waals surface area contributed by atoms with Crippen LogP contribution >= 0.6 is 0 Å². The third kappa shape index (κ3) is 2.01. The lowest BCUT2D eigenvalue weighted by Gasteiger charge is -2.09. The highest BCUT2D eigenvalue weighted by molar-refractivity contribution is 5.55. The van der Waals surface area contributed by atoms with Crippen molar-refractivity contribution in [3.05, 3.63) is 28.3 Å². The molecule has 1 aliphatic carbocycles. The molecule has 1 fully saturated rings. The second-order valence-electron chi connectivity index (χ2n) is 3.38. The quantitative estimate of drug-likeness (QED) is 0.563. The van der Waals surface area contributed by atoms with Gasteiger partial charge in [-0.3, -0.25) is 10.1 Å². The van der Waals surface area contributed by atoms with Gasteiger partial charge in [0.25, 0.3) is 0 Å². The van der Waals surface area contributed by atoms with Crippen LogP contribution in [0.15, 0.2) is 18.2 Å². The first-order valence-corrected chi connectivity index (χ1v) is 4.70. The summed E-state index contributed by atoms with van der Waals surface area (Å²) in [5.41, 5.74) is -0.0596. The summed E-state index contributed by atoms with van der Waals surface area (Å²) in [4.78, 5) is 10.2. The fraction of sp³-hybridized carbons (Fsp3) is 0.400. The Morgan fingerprint density at radius 1 is 1.47 bits per heavy atom. The van der Waals surface area contributed by atoms with E-state index in [2.05, 4.69) is 0 Å². The van der Waals surface area contributed by atoms with Gasteiger partial charge in [0.2, 0.25) is 5.75 Å². The lowest BCUT2D eigenvalue weighted by Crippen LogP contribution is -2.00. The van der Waals surface area contributed by atoms with Gasteiger partial charge in [0.05, 0.1) is 18.1 Å². The van der Waals surface area contributed by atoms with Gasteiger partial charge in [-0.1, -0.05) is 6.07 Å². The van der Waals surface area contributed by atoms with Crippen molar-refractivity contribution in [1.29, 1.82) is 0 Å². The molecule has 0 heterocycles. The molecule has 15 heavy (non-hydrogen) atoms. The first-order valence-electron chi connectivity index (χ1n) is 4.70. The van der Waals surface area contributed by atoms with Gasteiger partial charge in [0, 0.05) is 6.07 Å². The Kier molecular flexibility index (Phi) is 2.45. The number of nitro groups is 1. The lowest BCUT2D eigenvalue weighted by molar-refractivity contribution is -0.385. The standard InChI is InChI=1S/C10H11NO4/c1-14-10-8(11(12)13)3-2-4-9(10)15-7-5-6-7/h2-4,7H,5-6H2,1H3. The second-order valence-corrected chi connectivity index (χ2v) is 3.38. The summed E-state index contributed by atoms with van der Waals surface area (Å²) >= 11 is 0. The van der Waals surface area contributed by atoms with E-state index in [1.165, 1.54) is 13.2 Å². The molecule has 0 unspecified atom stereocenters. The molecule has 5 nitrogen and oxygen atoms in total. The van der Waals surface area contributed by atoms with Gasteiger partial charge in [-0.25, -0.2) is 0 Å². The fourth-order valence-corrected chi connectivity index (χ4v) is 1.31. The summed E-state index contributed by atoms with van der Waals surface area (Å²) in [5, 5.41) is 10.7. The summed E-state index contributed by atoms with van der Waals surface area (Å²) < 4.78 is 10.5. The highest BCUT2D eigenvalue weighted by atomic mass is 16.6. The van der Waals surface area contributed by atoms with Crippen LogP contribution < -0.4 is 9.47 Å². The average molecular weight is 209 g/mol. The van der Waals surface area contributed by atoms with Crippen LogP contribution in [0.3, 0.4) is 0 Å². The largest absolute Gasteiger partial charge is 0.488 e. The van der Waals surface area contributed by atoms with E-state index in [0.29, 0.717) is 5.75 Å². The third-order valence-electron chi connectivity index (χ3n) is 2.18. The number of benzene rings is 1. The summed E-state index contributed by atoms with van der Waals surface area (Å²) in [6.45, 7) is 0. The molecule has 0 N–H and O–H groups in total. The van der Waals surface area contributed by atoms with Crippen LogP contribution in [0.4, 0.5) is 5.69 Å². The molecule has 0 radical (unpaired) electrons.